The van der Waals surface area contributed by atoms with Crippen LogP contribution < -0.4 is 4.74 Å². The summed E-state index contributed by atoms with van der Waals surface area (Å²) in [5.74, 6) is 1.64. The van der Waals surface area contributed by atoms with Crippen molar-refractivity contribution >= 4 is 0 Å². The predicted octanol–water partition coefficient (Wildman–Crippen LogP) is 2.58. The number of pyridine rings is 1. The van der Waals surface area contributed by atoms with Crippen LogP contribution >= 0.6 is 0 Å². The summed E-state index contributed by atoms with van der Waals surface area (Å²) in [5, 5.41) is 10.4. The average molecular weight is 376 g/mol. The van der Waals surface area contributed by atoms with E-state index in [-0.39, 0.29) is 12.0 Å². The second-order valence-corrected chi connectivity index (χ2v) is 7.20. The van der Waals surface area contributed by atoms with Crippen LogP contribution in [0, 0.1) is 5.92 Å². The molecule has 0 radical (unpaired) electrons. The van der Waals surface area contributed by atoms with Gasteiger partial charge in [-0.2, -0.15) is 0 Å². The molecule has 6 heteroatoms. The Morgan fingerprint density at radius 3 is 2.54 bits per heavy atom. The first-order valence-corrected chi connectivity index (χ1v) is 9.46. The molecule has 1 aliphatic rings. The molecule has 0 spiro atoms. The van der Waals surface area contributed by atoms with Crippen molar-refractivity contribution in [3.8, 4) is 17.1 Å². The number of likely N-dealkylation sites (tertiary alicyclic amines) is 1. The van der Waals surface area contributed by atoms with Gasteiger partial charge in [-0.3, -0.25) is 9.88 Å². The molecule has 0 amide bonds. The maximum absolute atomic E-state index is 10.4. The molecule has 28 heavy (non-hydrogen) atoms. The third kappa shape index (κ3) is 4.18. The summed E-state index contributed by atoms with van der Waals surface area (Å²) >= 11 is 0. The summed E-state index contributed by atoms with van der Waals surface area (Å²) in [6, 6.07) is 11.8. The van der Waals surface area contributed by atoms with Gasteiger partial charge in [-0.05, 0) is 36.2 Å². The van der Waals surface area contributed by atoms with E-state index in [2.05, 4.69) is 19.9 Å². The van der Waals surface area contributed by atoms with Crippen LogP contribution in [0.1, 0.15) is 11.1 Å². The van der Waals surface area contributed by atoms with Crippen molar-refractivity contribution in [2.75, 3.05) is 20.2 Å². The number of methoxy groups -OCH3 is 1. The van der Waals surface area contributed by atoms with Crippen molar-refractivity contribution in [3.63, 3.8) is 0 Å². The molecular formula is C22H24N4O2. The van der Waals surface area contributed by atoms with E-state index in [1.807, 2.05) is 48.8 Å². The molecule has 1 fully saturated rings. The molecule has 1 aliphatic heterocycles. The lowest BCUT2D eigenvalue weighted by Crippen LogP contribution is -2.21. The molecule has 0 saturated carbocycles. The zero-order valence-electron chi connectivity index (χ0n) is 15.9. The second kappa shape index (κ2) is 8.46. The van der Waals surface area contributed by atoms with Gasteiger partial charge >= 0.3 is 0 Å². The summed E-state index contributed by atoms with van der Waals surface area (Å²) in [6.45, 7) is 2.26. The second-order valence-electron chi connectivity index (χ2n) is 7.20. The predicted molar refractivity (Wildman–Crippen MR) is 107 cm³/mol. The van der Waals surface area contributed by atoms with Gasteiger partial charge in [-0.15, -0.1) is 0 Å². The Hall–Kier alpha value is -2.83. The SMILES string of the molecule is COc1ccccc1-c1ncc(CN2C[C@@H](Cc3ccncc3)[C@@H](O)C2)cn1. The van der Waals surface area contributed by atoms with Crippen molar-refractivity contribution in [3.05, 3.63) is 72.3 Å². The molecule has 4 rings (SSSR count). The number of aromatic nitrogens is 3. The Bertz CT molecular complexity index is 902. The molecule has 144 valence electrons. The molecule has 0 unspecified atom stereocenters. The average Bonchev–Trinajstić information content (AvgIpc) is 3.08. The van der Waals surface area contributed by atoms with Crippen molar-refractivity contribution in [1.82, 2.24) is 19.9 Å². The van der Waals surface area contributed by atoms with E-state index < -0.39 is 0 Å². The zero-order chi connectivity index (χ0) is 19.3. The Balaban J connectivity index is 1.40. The molecule has 3 aromatic rings. The van der Waals surface area contributed by atoms with Gasteiger partial charge in [-0.25, -0.2) is 9.97 Å². The lowest BCUT2D eigenvalue weighted by Gasteiger charge is -2.15. The highest BCUT2D eigenvalue weighted by Gasteiger charge is 2.31. The maximum Gasteiger partial charge on any atom is 0.162 e. The number of rotatable bonds is 6. The molecule has 6 nitrogen and oxygen atoms in total. The molecule has 1 saturated heterocycles. The van der Waals surface area contributed by atoms with Crippen LogP contribution in [-0.4, -0.2) is 51.3 Å². The molecule has 2 aromatic heterocycles. The van der Waals surface area contributed by atoms with Gasteiger partial charge in [0.05, 0.1) is 18.8 Å². The van der Waals surface area contributed by atoms with E-state index in [4.69, 9.17) is 4.74 Å². The van der Waals surface area contributed by atoms with E-state index >= 15 is 0 Å². The normalized spacial score (nSPS) is 19.6. The highest BCUT2D eigenvalue weighted by atomic mass is 16.5. The summed E-state index contributed by atoms with van der Waals surface area (Å²) in [7, 11) is 1.65. The van der Waals surface area contributed by atoms with E-state index in [0.717, 1.165) is 36.4 Å². The molecule has 2 atom stereocenters. The molecule has 0 aliphatic carbocycles. The smallest absolute Gasteiger partial charge is 0.162 e. The number of ether oxygens (including phenoxy) is 1. The quantitative estimate of drug-likeness (QED) is 0.713. The standard InChI is InChI=1S/C22H24N4O2/c1-28-21-5-3-2-4-19(21)22-24-11-17(12-25-22)13-26-14-18(20(27)15-26)10-16-6-8-23-9-7-16/h2-9,11-12,18,20,27H,10,13-15H2,1H3/t18-,20+/m1/s1. The van der Waals surface area contributed by atoms with Crippen molar-refractivity contribution in [2.45, 2.75) is 19.1 Å². The number of nitrogens with zero attached hydrogens (tertiary/aromatic N) is 4. The highest BCUT2D eigenvalue weighted by molar-refractivity contribution is 5.63. The molecular weight excluding hydrogens is 352 g/mol. The van der Waals surface area contributed by atoms with Crippen LogP contribution in [0.25, 0.3) is 11.4 Å². The summed E-state index contributed by atoms with van der Waals surface area (Å²) in [4.78, 5) is 15.4. The minimum atomic E-state index is -0.318. The monoisotopic (exact) mass is 376 g/mol. The number of para-hydroxylation sites is 1. The molecule has 1 aromatic carbocycles. The first kappa shape index (κ1) is 18.5. The fourth-order valence-corrected chi connectivity index (χ4v) is 3.76. The van der Waals surface area contributed by atoms with E-state index in [0.29, 0.717) is 12.4 Å². The topological polar surface area (TPSA) is 71.4 Å². The van der Waals surface area contributed by atoms with Gasteiger partial charge in [0.25, 0.3) is 0 Å². The largest absolute Gasteiger partial charge is 0.496 e. The van der Waals surface area contributed by atoms with Crippen LogP contribution in [0.15, 0.2) is 61.2 Å². The van der Waals surface area contributed by atoms with Gasteiger partial charge in [0.15, 0.2) is 5.82 Å². The number of aliphatic hydroxyl groups excluding tert-OH is 1. The number of hydrogen-bond donors (Lipinski definition) is 1. The van der Waals surface area contributed by atoms with Crippen LogP contribution in [0.5, 0.6) is 5.75 Å². The zero-order valence-corrected chi connectivity index (χ0v) is 15.9. The summed E-state index contributed by atoms with van der Waals surface area (Å²) in [6.07, 6.45) is 7.87. The fraction of sp³-hybridized carbons (Fsp3) is 0.318. The van der Waals surface area contributed by atoms with Crippen molar-refractivity contribution in [2.24, 2.45) is 5.92 Å². The van der Waals surface area contributed by atoms with Gasteiger partial charge in [0.1, 0.15) is 5.75 Å². The van der Waals surface area contributed by atoms with Gasteiger partial charge < -0.3 is 9.84 Å². The minimum absolute atomic E-state index is 0.233. The van der Waals surface area contributed by atoms with Gasteiger partial charge in [-0.1, -0.05) is 12.1 Å². The first-order valence-electron chi connectivity index (χ1n) is 9.46. The van der Waals surface area contributed by atoms with Crippen LogP contribution in [0.3, 0.4) is 0 Å². The van der Waals surface area contributed by atoms with Crippen LogP contribution in [0.4, 0.5) is 0 Å². The Morgan fingerprint density at radius 1 is 1.04 bits per heavy atom. The van der Waals surface area contributed by atoms with Crippen LogP contribution in [-0.2, 0) is 13.0 Å². The molecule has 3 heterocycles. The third-order valence-corrected chi connectivity index (χ3v) is 5.19. The van der Waals surface area contributed by atoms with Gasteiger partial charge in [0, 0.05) is 55.9 Å². The lowest BCUT2D eigenvalue weighted by molar-refractivity contribution is 0.141. The van der Waals surface area contributed by atoms with E-state index in [1.165, 1.54) is 5.56 Å². The third-order valence-electron chi connectivity index (χ3n) is 5.19. The Labute approximate surface area is 164 Å². The molecule has 0 bridgehead atoms. The van der Waals surface area contributed by atoms with E-state index in [9.17, 15) is 5.11 Å². The van der Waals surface area contributed by atoms with Crippen molar-refractivity contribution in [1.29, 1.82) is 0 Å². The number of β-amino-alcohol motifs (C(OH)–C–C–N with tert-alkyl or cyclic N) is 1. The van der Waals surface area contributed by atoms with Gasteiger partial charge in [0.2, 0.25) is 0 Å². The summed E-state index contributed by atoms with van der Waals surface area (Å²) < 4.78 is 5.39. The van der Waals surface area contributed by atoms with Crippen LogP contribution in [0.2, 0.25) is 0 Å². The summed E-state index contributed by atoms with van der Waals surface area (Å²) in [5.41, 5.74) is 3.13. The van der Waals surface area contributed by atoms with Crippen molar-refractivity contribution < 1.29 is 9.84 Å². The first-order chi connectivity index (χ1) is 13.7. The Kier molecular flexibility index (Phi) is 5.60. The molecule has 1 N–H and O–H groups in total. The maximum atomic E-state index is 10.4. The van der Waals surface area contributed by atoms with E-state index in [1.54, 1.807) is 19.5 Å². The minimum Gasteiger partial charge on any atom is -0.496 e. The Morgan fingerprint density at radius 2 is 1.79 bits per heavy atom. The lowest BCUT2D eigenvalue weighted by atomic mass is 9.97. The number of hydrogen-bond acceptors (Lipinski definition) is 6. The number of benzene rings is 1. The fourth-order valence-electron chi connectivity index (χ4n) is 3.76. The highest BCUT2D eigenvalue weighted by Crippen LogP contribution is 2.27. The number of aliphatic hydroxyl groups is 1.